The molecule has 2 unspecified atom stereocenters. The molecule has 0 amide bonds. The molecule has 1 aliphatic carbocycles. The fourth-order valence-electron chi connectivity index (χ4n) is 9.22. The number of benzene rings is 4. The van der Waals surface area contributed by atoms with E-state index < -0.39 is 0 Å². The highest BCUT2D eigenvalue weighted by atomic mass is 15.3. The standard InChI is InChI=1S/C35H33BN2/c1-20-11-12-28-23(15-20)24-16-21(2)17-27-32(24)37(28)29-18-22(3)19-30-31(29)36(27)26-10-8-9-25-33(26)38(30)35(5)14-7-6-13-34(25,35)4/h8-12,15-19H,6-7,13-14H2,1-5H3. The molecule has 5 aromatic rings. The number of anilines is 2. The van der Waals surface area contributed by atoms with E-state index in [1.807, 2.05) is 0 Å². The van der Waals surface area contributed by atoms with Gasteiger partial charge in [-0.15, -0.1) is 0 Å². The molecule has 186 valence electrons. The van der Waals surface area contributed by atoms with Crippen LogP contribution in [0.5, 0.6) is 0 Å². The third-order valence-electron chi connectivity index (χ3n) is 11.0. The van der Waals surface area contributed by atoms with E-state index in [-0.39, 0.29) is 17.7 Å². The Hall–Kier alpha value is -3.46. The average molecular weight is 492 g/mol. The second kappa shape index (κ2) is 6.57. The van der Waals surface area contributed by atoms with Crippen molar-refractivity contribution in [3.8, 4) is 5.69 Å². The van der Waals surface area contributed by atoms with Crippen molar-refractivity contribution in [2.75, 3.05) is 4.90 Å². The first-order chi connectivity index (χ1) is 18.3. The Morgan fingerprint density at radius 3 is 2.37 bits per heavy atom. The van der Waals surface area contributed by atoms with Gasteiger partial charge in [0.2, 0.25) is 0 Å². The van der Waals surface area contributed by atoms with Crippen LogP contribution in [0.25, 0.3) is 27.5 Å². The second-order valence-corrected chi connectivity index (χ2v) is 13.1. The van der Waals surface area contributed by atoms with Crippen molar-refractivity contribution in [3.05, 3.63) is 82.9 Å². The van der Waals surface area contributed by atoms with Gasteiger partial charge in [-0.25, -0.2) is 0 Å². The Labute approximate surface area is 225 Å². The van der Waals surface area contributed by atoms with Gasteiger partial charge in [0.15, 0.2) is 0 Å². The number of aromatic nitrogens is 1. The molecule has 1 saturated carbocycles. The molecular weight excluding hydrogens is 459 g/mol. The summed E-state index contributed by atoms with van der Waals surface area (Å²) in [6.45, 7) is 12.2. The molecule has 0 N–H and O–H groups in total. The zero-order valence-electron chi connectivity index (χ0n) is 23.1. The maximum atomic E-state index is 2.83. The van der Waals surface area contributed by atoms with Crippen molar-refractivity contribution in [2.45, 2.75) is 71.3 Å². The quantitative estimate of drug-likeness (QED) is 0.217. The highest BCUT2D eigenvalue weighted by Gasteiger charge is 2.61. The summed E-state index contributed by atoms with van der Waals surface area (Å²) in [7, 11) is 0. The molecule has 4 aliphatic rings. The van der Waals surface area contributed by atoms with Crippen LogP contribution in [0.3, 0.4) is 0 Å². The Morgan fingerprint density at radius 2 is 1.50 bits per heavy atom. The van der Waals surface area contributed by atoms with Crippen LogP contribution in [0.2, 0.25) is 0 Å². The Kier molecular flexibility index (Phi) is 3.71. The van der Waals surface area contributed by atoms with E-state index in [0.29, 0.717) is 0 Å². The van der Waals surface area contributed by atoms with E-state index in [1.54, 1.807) is 5.56 Å². The highest BCUT2D eigenvalue weighted by molar-refractivity contribution is 7.00. The summed E-state index contributed by atoms with van der Waals surface area (Å²) < 4.78 is 2.61. The topological polar surface area (TPSA) is 8.17 Å². The fraction of sp³-hybridized carbons (Fsp3) is 0.314. The average Bonchev–Trinajstić information content (AvgIpc) is 3.32. The predicted molar refractivity (Wildman–Crippen MR) is 162 cm³/mol. The number of nitrogens with zero attached hydrogens (tertiary/aromatic N) is 2. The molecule has 0 saturated heterocycles. The van der Waals surface area contributed by atoms with Gasteiger partial charge in [-0.05, 0) is 98.4 Å². The van der Waals surface area contributed by atoms with E-state index in [4.69, 9.17) is 0 Å². The van der Waals surface area contributed by atoms with Crippen LogP contribution < -0.4 is 21.3 Å². The molecule has 9 rings (SSSR count). The molecule has 4 heterocycles. The fourth-order valence-corrected chi connectivity index (χ4v) is 9.22. The lowest BCUT2D eigenvalue weighted by Gasteiger charge is -2.52. The van der Waals surface area contributed by atoms with Crippen molar-refractivity contribution in [1.29, 1.82) is 0 Å². The number of para-hydroxylation sites is 1. The van der Waals surface area contributed by atoms with Gasteiger partial charge in [-0.1, -0.05) is 61.2 Å². The lowest BCUT2D eigenvalue weighted by molar-refractivity contribution is 0.195. The number of aryl methyl sites for hydroxylation is 3. The maximum Gasteiger partial charge on any atom is 0.252 e. The predicted octanol–water partition coefficient (Wildman–Crippen LogP) is 6.59. The van der Waals surface area contributed by atoms with Crippen molar-refractivity contribution in [1.82, 2.24) is 4.57 Å². The van der Waals surface area contributed by atoms with Crippen molar-refractivity contribution >= 4 is 56.3 Å². The minimum absolute atomic E-state index is 0.0916. The van der Waals surface area contributed by atoms with Gasteiger partial charge >= 0.3 is 0 Å². The van der Waals surface area contributed by atoms with Crippen LogP contribution in [0.1, 0.15) is 61.8 Å². The number of hydrogen-bond donors (Lipinski definition) is 0. The summed E-state index contributed by atoms with van der Waals surface area (Å²) in [6.07, 6.45) is 5.16. The van der Waals surface area contributed by atoms with Gasteiger partial charge < -0.3 is 9.47 Å². The largest absolute Gasteiger partial charge is 0.335 e. The first kappa shape index (κ1) is 21.5. The minimum atomic E-state index is 0.0916. The SMILES string of the molecule is Cc1cc2c3c(c1)-n1c4ccc(C)cc4c4cc(C)cc(c41)B3c1cccc3c1N2C1(C)CCCCC31C. The Balaban J connectivity index is 1.51. The smallest absolute Gasteiger partial charge is 0.252 e. The molecule has 2 nitrogen and oxygen atoms in total. The maximum absolute atomic E-state index is 2.83. The molecule has 0 spiro atoms. The van der Waals surface area contributed by atoms with Crippen LogP contribution in [0.4, 0.5) is 11.4 Å². The van der Waals surface area contributed by atoms with E-state index >= 15 is 0 Å². The van der Waals surface area contributed by atoms with E-state index in [0.717, 1.165) is 0 Å². The first-order valence-corrected chi connectivity index (χ1v) is 14.5. The molecule has 38 heavy (non-hydrogen) atoms. The molecule has 0 radical (unpaired) electrons. The lowest BCUT2D eigenvalue weighted by Crippen LogP contribution is -2.64. The van der Waals surface area contributed by atoms with Crippen molar-refractivity contribution in [3.63, 3.8) is 0 Å². The van der Waals surface area contributed by atoms with Crippen molar-refractivity contribution < 1.29 is 0 Å². The zero-order valence-corrected chi connectivity index (χ0v) is 23.1. The summed E-state index contributed by atoms with van der Waals surface area (Å²) in [4.78, 5) is 2.83. The van der Waals surface area contributed by atoms with E-state index in [1.165, 1.54) is 97.6 Å². The summed E-state index contributed by atoms with van der Waals surface area (Å²) in [5.41, 5.74) is 17.5. The summed E-state index contributed by atoms with van der Waals surface area (Å²) in [5.74, 6) is 0. The molecule has 4 aromatic carbocycles. The number of hydrogen-bond acceptors (Lipinski definition) is 1. The summed E-state index contributed by atoms with van der Waals surface area (Å²) >= 11 is 0. The minimum Gasteiger partial charge on any atom is -0.335 e. The van der Waals surface area contributed by atoms with E-state index in [9.17, 15) is 0 Å². The highest BCUT2D eigenvalue weighted by Crippen LogP contribution is 2.61. The van der Waals surface area contributed by atoms with Crippen LogP contribution in [0, 0.1) is 20.8 Å². The molecule has 0 bridgehead atoms. The Morgan fingerprint density at radius 1 is 0.737 bits per heavy atom. The first-order valence-electron chi connectivity index (χ1n) is 14.5. The van der Waals surface area contributed by atoms with Crippen molar-refractivity contribution in [2.24, 2.45) is 0 Å². The van der Waals surface area contributed by atoms with Crippen LogP contribution in [0.15, 0.2) is 60.7 Å². The molecule has 3 aliphatic heterocycles. The van der Waals surface area contributed by atoms with Crippen LogP contribution in [-0.4, -0.2) is 16.8 Å². The normalized spacial score (nSPS) is 24.1. The third-order valence-corrected chi connectivity index (χ3v) is 11.0. The molecule has 2 atom stereocenters. The van der Waals surface area contributed by atoms with Crippen LogP contribution in [-0.2, 0) is 5.41 Å². The lowest BCUT2D eigenvalue weighted by atomic mass is 9.33. The third kappa shape index (κ3) is 2.19. The van der Waals surface area contributed by atoms with Gasteiger partial charge in [0, 0.05) is 38.8 Å². The number of rotatable bonds is 0. The van der Waals surface area contributed by atoms with Gasteiger partial charge in [-0.2, -0.15) is 0 Å². The monoisotopic (exact) mass is 492 g/mol. The van der Waals surface area contributed by atoms with Gasteiger partial charge in [0.1, 0.15) is 0 Å². The van der Waals surface area contributed by atoms with Gasteiger partial charge in [0.05, 0.1) is 11.1 Å². The van der Waals surface area contributed by atoms with Gasteiger partial charge in [0.25, 0.3) is 6.71 Å². The zero-order chi connectivity index (χ0) is 25.7. The molecule has 1 aromatic heterocycles. The Bertz CT molecular complexity index is 1910. The number of fused-ring (bicyclic) bond motifs is 10. The van der Waals surface area contributed by atoms with E-state index in [2.05, 4.69) is 105 Å². The van der Waals surface area contributed by atoms with Crippen LogP contribution >= 0.6 is 0 Å². The molecule has 1 fully saturated rings. The molecule has 3 heteroatoms. The van der Waals surface area contributed by atoms with Gasteiger partial charge in [-0.3, -0.25) is 0 Å². The second-order valence-electron chi connectivity index (χ2n) is 13.1. The summed E-state index contributed by atoms with van der Waals surface area (Å²) in [5, 5.41) is 2.78. The summed E-state index contributed by atoms with van der Waals surface area (Å²) in [6, 6.07) is 24.2. The molecular formula is C35H33BN2.